The molecule has 2 aromatic carbocycles. The van der Waals surface area contributed by atoms with Gasteiger partial charge in [0.2, 0.25) is 0 Å². The van der Waals surface area contributed by atoms with Crippen molar-refractivity contribution in [1.82, 2.24) is 19.7 Å². The van der Waals surface area contributed by atoms with E-state index in [2.05, 4.69) is 15.1 Å². The zero-order valence-electron chi connectivity index (χ0n) is 17.4. The third-order valence-corrected chi connectivity index (χ3v) is 6.77. The summed E-state index contributed by atoms with van der Waals surface area (Å²) in [6.07, 6.45) is 0.318. The molecule has 0 amide bonds. The standard InChI is InChI=1S/C23H23Cl2FN4O/c1-13-27-28-14(2)30(13)18-5-6-22(20(25)11-18)31-23-19-10-16(24)4-3-15(19)9-21(23)29-8-7-17(26)12-29/h3-6,10-11,17,21,23H,7-9,12H2,1-2H3/t17?,21-,23-/m0/s1. The highest BCUT2D eigenvalue weighted by Gasteiger charge is 2.41. The van der Waals surface area contributed by atoms with Crippen LogP contribution in [-0.2, 0) is 6.42 Å². The molecule has 8 heteroatoms. The number of alkyl halides is 1. The van der Waals surface area contributed by atoms with Crippen LogP contribution in [0.3, 0.4) is 0 Å². The third-order valence-electron chi connectivity index (χ3n) is 6.24. The van der Waals surface area contributed by atoms with Crippen LogP contribution < -0.4 is 4.74 Å². The number of hydrogen-bond acceptors (Lipinski definition) is 4. The first-order valence-electron chi connectivity index (χ1n) is 10.4. The van der Waals surface area contributed by atoms with E-state index in [1.807, 2.05) is 54.8 Å². The fraction of sp³-hybridized carbons (Fsp3) is 0.391. The van der Waals surface area contributed by atoms with E-state index in [4.69, 9.17) is 27.9 Å². The average Bonchev–Trinajstić information content (AvgIpc) is 3.41. The Balaban J connectivity index is 1.47. The maximum absolute atomic E-state index is 13.9. The summed E-state index contributed by atoms with van der Waals surface area (Å²) in [5.41, 5.74) is 3.11. The molecule has 1 saturated heterocycles. The van der Waals surface area contributed by atoms with Gasteiger partial charge in [-0.15, -0.1) is 10.2 Å². The van der Waals surface area contributed by atoms with Crippen LogP contribution in [0.1, 0.15) is 35.3 Å². The number of benzene rings is 2. The average molecular weight is 461 g/mol. The van der Waals surface area contributed by atoms with Gasteiger partial charge in [-0.3, -0.25) is 9.47 Å². The van der Waals surface area contributed by atoms with Crippen LogP contribution in [0.25, 0.3) is 5.69 Å². The van der Waals surface area contributed by atoms with Gasteiger partial charge in [0.05, 0.1) is 16.8 Å². The molecule has 1 aromatic heterocycles. The number of ether oxygens (including phenoxy) is 1. The molecule has 1 aliphatic carbocycles. The van der Waals surface area contributed by atoms with Gasteiger partial charge in [0, 0.05) is 18.1 Å². The summed E-state index contributed by atoms with van der Waals surface area (Å²) >= 11 is 12.9. The molecule has 5 rings (SSSR count). The molecule has 3 atom stereocenters. The van der Waals surface area contributed by atoms with Crippen molar-refractivity contribution in [1.29, 1.82) is 0 Å². The lowest BCUT2D eigenvalue weighted by atomic mass is 10.1. The number of likely N-dealkylation sites (tertiary alicyclic amines) is 1. The monoisotopic (exact) mass is 460 g/mol. The molecule has 0 bridgehead atoms. The highest BCUT2D eigenvalue weighted by Crippen LogP contribution is 2.42. The molecule has 2 aliphatic rings. The van der Waals surface area contributed by atoms with Crippen LogP contribution in [0.2, 0.25) is 10.0 Å². The van der Waals surface area contributed by atoms with Crippen molar-refractivity contribution in [2.75, 3.05) is 13.1 Å². The topological polar surface area (TPSA) is 43.2 Å². The predicted molar refractivity (Wildman–Crippen MR) is 119 cm³/mol. The van der Waals surface area contributed by atoms with Crippen molar-refractivity contribution in [3.8, 4) is 11.4 Å². The SMILES string of the molecule is Cc1nnc(C)n1-c1ccc(O[C@H]2c3cc(Cl)ccc3C[C@@H]2N2CCC(F)C2)c(Cl)c1. The minimum Gasteiger partial charge on any atom is -0.482 e. The molecular weight excluding hydrogens is 438 g/mol. The van der Waals surface area contributed by atoms with Gasteiger partial charge in [-0.05, 0) is 68.1 Å². The van der Waals surface area contributed by atoms with Crippen molar-refractivity contribution in [2.45, 2.75) is 45.0 Å². The number of aryl methyl sites for hydroxylation is 2. The molecule has 0 saturated carbocycles. The van der Waals surface area contributed by atoms with Gasteiger partial charge in [-0.25, -0.2) is 4.39 Å². The summed E-state index contributed by atoms with van der Waals surface area (Å²) in [7, 11) is 0. The number of aromatic nitrogens is 3. The van der Waals surface area contributed by atoms with Crippen molar-refractivity contribution in [2.24, 2.45) is 0 Å². The van der Waals surface area contributed by atoms with E-state index in [0.29, 0.717) is 28.8 Å². The Labute approximate surface area is 190 Å². The smallest absolute Gasteiger partial charge is 0.140 e. The van der Waals surface area contributed by atoms with Crippen molar-refractivity contribution in [3.05, 3.63) is 69.2 Å². The molecule has 31 heavy (non-hydrogen) atoms. The van der Waals surface area contributed by atoms with Crippen molar-refractivity contribution < 1.29 is 9.13 Å². The van der Waals surface area contributed by atoms with Crippen molar-refractivity contribution in [3.63, 3.8) is 0 Å². The molecule has 5 nitrogen and oxygen atoms in total. The normalized spacial score (nSPS) is 23.3. The van der Waals surface area contributed by atoms with E-state index in [9.17, 15) is 4.39 Å². The second-order valence-electron chi connectivity index (χ2n) is 8.28. The zero-order chi connectivity index (χ0) is 21.7. The first-order chi connectivity index (χ1) is 14.9. The number of halogens is 3. The van der Waals surface area contributed by atoms with Gasteiger partial charge in [0.1, 0.15) is 29.7 Å². The predicted octanol–water partition coefficient (Wildman–Crippen LogP) is 5.28. The molecule has 0 spiro atoms. The van der Waals surface area contributed by atoms with E-state index in [1.165, 1.54) is 5.56 Å². The first kappa shape index (κ1) is 20.7. The van der Waals surface area contributed by atoms with Crippen LogP contribution >= 0.6 is 23.2 Å². The van der Waals surface area contributed by atoms with Gasteiger partial charge in [-0.1, -0.05) is 29.3 Å². The first-order valence-corrected chi connectivity index (χ1v) is 11.2. The lowest BCUT2D eigenvalue weighted by Gasteiger charge is -2.30. The molecule has 3 aromatic rings. The molecular formula is C23H23Cl2FN4O. The van der Waals surface area contributed by atoms with Crippen LogP contribution in [0.15, 0.2) is 36.4 Å². The number of hydrogen-bond donors (Lipinski definition) is 0. The molecule has 1 aliphatic heterocycles. The fourth-order valence-electron chi connectivity index (χ4n) is 4.77. The Kier molecular flexibility index (Phi) is 5.40. The Morgan fingerprint density at radius 1 is 1.06 bits per heavy atom. The van der Waals surface area contributed by atoms with Crippen molar-refractivity contribution >= 4 is 23.2 Å². The fourth-order valence-corrected chi connectivity index (χ4v) is 5.17. The van der Waals surface area contributed by atoms with E-state index in [-0.39, 0.29) is 12.1 Å². The van der Waals surface area contributed by atoms with Crippen LogP contribution in [0, 0.1) is 13.8 Å². The zero-order valence-corrected chi connectivity index (χ0v) is 18.9. The van der Waals surface area contributed by atoms with Crippen LogP contribution in [0.5, 0.6) is 5.75 Å². The van der Waals surface area contributed by atoms with Crippen LogP contribution in [0.4, 0.5) is 4.39 Å². The number of rotatable bonds is 4. The van der Waals surface area contributed by atoms with E-state index in [1.54, 1.807) is 0 Å². The summed E-state index contributed by atoms with van der Waals surface area (Å²) in [5.74, 6) is 2.17. The third kappa shape index (κ3) is 3.81. The molecule has 0 radical (unpaired) electrons. The highest BCUT2D eigenvalue weighted by molar-refractivity contribution is 6.32. The summed E-state index contributed by atoms with van der Waals surface area (Å²) in [4.78, 5) is 2.19. The van der Waals surface area contributed by atoms with Gasteiger partial charge in [0.15, 0.2) is 0 Å². The lowest BCUT2D eigenvalue weighted by Crippen LogP contribution is -2.38. The largest absolute Gasteiger partial charge is 0.482 e. The molecule has 1 unspecified atom stereocenters. The van der Waals surface area contributed by atoms with Gasteiger partial charge >= 0.3 is 0 Å². The van der Waals surface area contributed by atoms with Crippen LogP contribution in [-0.4, -0.2) is 45.0 Å². The molecule has 162 valence electrons. The maximum atomic E-state index is 13.9. The summed E-state index contributed by atoms with van der Waals surface area (Å²) in [6.45, 7) is 4.96. The van der Waals surface area contributed by atoms with E-state index >= 15 is 0 Å². The Hall–Kier alpha value is -2.15. The van der Waals surface area contributed by atoms with Gasteiger partial charge in [0.25, 0.3) is 0 Å². The van der Waals surface area contributed by atoms with E-state index < -0.39 is 6.17 Å². The van der Waals surface area contributed by atoms with Gasteiger partial charge < -0.3 is 4.74 Å². The molecule has 1 fully saturated rings. The molecule has 0 N–H and O–H groups in total. The number of nitrogens with zero attached hydrogens (tertiary/aromatic N) is 4. The summed E-state index contributed by atoms with van der Waals surface area (Å²) in [6, 6.07) is 11.6. The maximum Gasteiger partial charge on any atom is 0.140 e. The minimum absolute atomic E-state index is 0.0484. The Morgan fingerprint density at radius 2 is 1.84 bits per heavy atom. The number of fused-ring (bicyclic) bond motifs is 1. The lowest BCUT2D eigenvalue weighted by molar-refractivity contribution is 0.0897. The second-order valence-corrected chi connectivity index (χ2v) is 9.12. The van der Waals surface area contributed by atoms with Gasteiger partial charge in [-0.2, -0.15) is 0 Å². The Bertz CT molecular complexity index is 1120. The summed E-state index contributed by atoms with van der Waals surface area (Å²) < 4.78 is 22.4. The summed E-state index contributed by atoms with van der Waals surface area (Å²) in [5, 5.41) is 9.39. The second kappa shape index (κ2) is 8.08. The van der Waals surface area contributed by atoms with E-state index in [0.717, 1.165) is 35.9 Å². The quantitative estimate of drug-likeness (QED) is 0.531. The highest BCUT2D eigenvalue weighted by atomic mass is 35.5. The minimum atomic E-state index is -0.786. The molecule has 2 heterocycles. The Morgan fingerprint density at radius 3 is 2.52 bits per heavy atom.